The summed E-state index contributed by atoms with van der Waals surface area (Å²) >= 11 is 0. The van der Waals surface area contributed by atoms with Crippen LogP contribution in [-0.4, -0.2) is 24.8 Å². The lowest BCUT2D eigenvalue weighted by atomic mass is 10.1. The molecule has 5 heteroatoms. The van der Waals surface area contributed by atoms with E-state index in [4.69, 9.17) is 15.9 Å². The zero-order chi connectivity index (χ0) is 19.2. The topological polar surface area (TPSA) is 93.1 Å². The third-order valence-electron chi connectivity index (χ3n) is 4.30. The van der Waals surface area contributed by atoms with Gasteiger partial charge in [0.15, 0.2) is 0 Å². The van der Waals surface area contributed by atoms with Crippen molar-refractivity contribution in [2.75, 3.05) is 13.1 Å². The molecule has 0 aliphatic rings. The summed E-state index contributed by atoms with van der Waals surface area (Å²) < 4.78 is 6.04. The summed E-state index contributed by atoms with van der Waals surface area (Å²) in [5, 5.41) is 0. The molecule has 6 N–H and O–H groups in total. The molecule has 0 aliphatic carbocycles. The van der Waals surface area contributed by atoms with E-state index in [0.717, 1.165) is 46.9 Å². The average molecular weight is 362 g/mol. The lowest BCUT2D eigenvalue weighted by Gasteiger charge is -2.01. The van der Waals surface area contributed by atoms with E-state index < -0.39 is 0 Å². The number of nitrogens with two attached hydrogens (primary N) is 2. The fourth-order valence-corrected chi connectivity index (χ4v) is 2.86. The first-order valence-corrected chi connectivity index (χ1v) is 9.16. The molecule has 0 fully saturated rings. The van der Waals surface area contributed by atoms with Crippen molar-refractivity contribution in [1.82, 2.24) is 0 Å². The van der Waals surface area contributed by atoms with Crippen molar-refractivity contribution in [2.24, 2.45) is 11.5 Å². The first kappa shape index (κ1) is 18.5. The molecule has 3 rings (SSSR count). The standard InChI is InChI=1S/C22H24N4O/c1-3-25-21(23)17-9-5-15(6-10-17)19-13-14-20(27-19)16-7-11-18(12-8-16)22(24)26-4-2/h5-14H,3-4H2,1-2H3,(H2,23,25)(H2,24,26)/p+2. The molecular weight excluding hydrogens is 336 g/mol. The van der Waals surface area contributed by atoms with Gasteiger partial charge in [0.2, 0.25) is 0 Å². The van der Waals surface area contributed by atoms with Crippen molar-refractivity contribution in [3.63, 3.8) is 0 Å². The van der Waals surface area contributed by atoms with E-state index in [0.29, 0.717) is 11.7 Å². The van der Waals surface area contributed by atoms with Crippen LogP contribution in [0, 0.1) is 0 Å². The quantitative estimate of drug-likeness (QED) is 0.373. The number of amidine groups is 2. The van der Waals surface area contributed by atoms with Crippen molar-refractivity contribution in [2.45, 2.75) is 13.8 Å². The van der Waals surface area contributed by atoms with E-state index in [1.807, 2.05) is 74.5 Å². The van der Waals surface area contributed by atoms with Gasteiger partial charge in [-0.15, -0.1) is 0 Å². The van der Waals surface area contributed by atoms with Crippen LogP contribution in [0.4, 0.5) is 0 Å². The largest absolute Gasteiger partial charge is 0.456 e. The highest BCUT2D eigenvalue weighted by Crippen LogP contribution is 2.28. The molecule has 0 spiro atoms. The molecule has 27 heavy (non-hydrogen) atoms. The molecule has 3 aromatic rings. The predicted octanol–water partition coefficient (Wildman–Crippen LogP) is 0.225. The van der Waals surface area contributed by atoms with Gasteiger partial charge in [-0.2, -0.15) is 0 Å². The van der Waals surface area contributed by atoms with E-state index in [1.54, 1.807) is 0 Å². The van der Waals surface area contributed by atoms with Gasteiger partial charge in [-0.05, 0) is 50.2 Å². The molecule has 138 valence electrons. The molecule has 0 unspecified atom stereocenters. The molecule has 0 amide bonds. The molecule has 0 bridgehead atoms. The highest BCUT2D eigenvalue weighted by Gasteiger charge is 2.10. The number of rotatable bonds is 6. The van der Waals surface area contributed by atoms with Gasteiger partial charge in [-0.3, -0.25) is 21.5 Å². The fourth-order valence-electron chi connectivity index (χ4n) is 2.86. The molecular formula is C22H26N4O+2. The second-order valence-corrected chi connectivity index (χ2v) is 6.21. The van der Waals surface area contributed by atoms with Crippen LogP contribution < -0.4 is 21.5 Å². The predicted molar refractivity (Wildman–Crippen MR) is 109 cm³/mol. The number of nitrogens with one attached hydrogen (secondary N) is 2. The Kier molecular flexibility index (Phi) is 5.71. The van der Waals surface area contributed by atoms with Gasteiger partial charge < -0.3 is 4.42 Å². The Hall–Kier alpha value is -3.34. The van der Waals surface area contributed by atoms with Gasteiger partial charge in [0.05, 0.1) is 24.2 Å². The zero-order valence-corrected chi connectivity index (χ0v) is 15.8. The molecule has 0 aliphatic heterocycles. The summed E-state index contributed by atoms with van der Waals surface area (Å²) in [5.41, 5.74) is 15.9. The summed E-state index contributed by atoms with van der Waals surface area (Å²) in [6.07, 6.45) is 0. The third kappa shape index (κ3) is 4.26. The summed E-state index contributed by atoms with van der Waals surface area (Å²) in [6.45, 7) is 5.63. The van der Waals surface area contributed by atoms with Crippen molar-refractivity contribution in [1.29, 1.82) is 0 Å². The van der Waals surface area contributed by atoms with Gasteiger partial charge in [-0.25, -0.2) is 0 Å². The maximum absolute atomic E-state index is 6.04. The van der Waals surface area contributed by atoms with Crippen molar-refractivity contribution < 1.29 is 14.4 Å². The molecule has 5 nitrogen and oxygen atoms in total. The monoisotopic (exact) mass is 362 g/mol. The molecule has 1 heterocycles. The molecule has 0 radical (unpaired) electrons. The van der Waals surface area contributed by atoms with Crippen LogP contribution in [0.1, 0.15) is 25.0 Å². The van der Waals surface area contributed by atoms with Crippen LogP contribution in [0.25, 0.3) is 22.6 Å². The summed E-state index contributed by atoms with van der Waals surface area (Å²) in [5.74, 6) is 3.00. The van der Waals surface area contributed by atoms with Crippen molar-refractivity contribution >= 4 is 11.7 Å². The molecule has 2 aromatic carbocycles. The van der Waals surface area contributed by atoms with Crippen LogP contribution in [0.5, 0.6) is 0 Å². The number of hydrogen-bond donors (Lipinski definition) is 4. The van der Waals surface area contributed by atoms with Crippen molar-refractivity contribution in [3.05, 3.63) is 71.8 Å². The Bertz CT molecular complexity index is 873. The zero-order valence-electron chi connectivity index (χ0n) is 15.8. The summed E-state index contributed by atoms with van der Waals surface area (Å²) in [6, 6.07) is 20.0. The second-order valence-electron chi connectivity index (χ2n) is 6.21. The first-order chi connectivity index (χ1) is 13.1. The second kappa shape index (κ2) is 8.36. The maximum Gasteiger partial charge on any atom is 0.272 e. The lowest BCUT2D eigenvalue weighted by molar-refractivity contribution is -0.453. The Balaban J connectivity index is 1.80. The Morgan fingerprint density at radius 1 is 0.667 bits per heavy atom. The van der Waals surface area contributed by atoms with Crippen LogP contribution in [0.2, 0.25) is 0 Å². The summed E-state index contributed by atoms with van der Waals surface area (Å²) in [4.78, 5) is 6.25. The first-order valence-electron chi connectivity index (χ1n) is 9.16. The van der Waals surface area contributed by atoms with E-state index >= 15 is 0 Å². The number of furan rings is 1. The molecule has 0 atom stereocenters. The molecule has 0 saturated heterocycles. The minimum atomic E-state index is 0.679. The minimum Gasteiger partial charge on any atom is -0.456 e. The van der Waals surface area contributed by atoms with Gasteiger partial charge in [0, 0.05) is 11.1 Å². The van der Waals surface area contributed by atoms with Gasteiger partial charge >= 0.3 is 0 Å². The lowest BCUT2D eigenvalue weighted by Crippen LogP contribution is -2.75. The maximum atomic E-state index is 6.04. The molecule has 0 saturated carbocycles. The Labute approximate surface area is 159 Å². The normalized spacial score (nSPS) is 12.4. The minimum absolute atomic E-state index is 0.679. The van der Waals surface area contributed by atoms with Crippen LogP contribution in [0.3, 0.4) is 0 Å². The van der Waals surface area contributed by atoms with Crippen molar-refractivity contribution in [3.8, 4) is 22.6 Å². The smallest absolute Gasteiger partial charge is 0.272 e. The number of hydrogen-bond acceptors (Lipinski definition) is 1. The van der Waals surface area contributed by atoms with Crippen LogP contribution in [0.15, 0.2) is 65.1 Å². The SMILES string of the molecule is CC[NH+]=C(N)c1ccc(-c2ccc(-c3ccc(C(N)=[NH+]CC)cc3)o2)cc1. The molecule has 1 aromatic heterocycles. The number of nitrogen functional groups attached to an aromatic ring is 2. The van der Waals surface area contributed by atoms with Gasteiger partial charge in [0.1, 0.15) is 11.5 Å². The van der Waals surface area contributed by atoms with E-state index in [-0.39, 0.29) is 0 Å². The fraction of sp³-hybridized carbons (Fsp3) is 0.182. The Morgan fingerprint density at radius 2 is 1.04 bits per heavy atom. The van der Waals surface area contributed by atoms with Gasteiger partial charge in [-0.1, -0.05) is 24.3 Å². The van der Waals surface area contributed by atoms with E-state index in [2.05, 4.69) is 9.98 Å². The Morgan fingerprint density at radius 3 is 1.37 bits per heavy atom. The highest BCUT2D eigenvalue weighted by atomic mass is 16.3. The number of benzene rings is 2. The van der Waals surface area contributed by atoms with Gasteiger partial charge in [0.25, 0.3) is 11.7 Å². The van der Waals surface area contributed by atoms with E-state index in [9.17, 15) is 0 Å². The highest BCUT2D eigenvalue weighted by molar-refractivity contribution is 5.94. The van der Waals surface area contributed by atoms with E-state index in [1.165, 1.54) is 0 Å². The van der Waals surface area contributed by atoms with Crippen LogP contribution >= 0.6 is 0 Å². The average Bonchev–Trinajstić information content (AvgIpc) is 3.19. The van der Waals surface area contributed by atoms with Crippen LogP contribution in [-0.2, 0) is 0 Å². The third-order valence-corrected chi connectivity index (χ3v) is 4.30. The summed E-state index contributed by atoms with van der Waals surface area (Å²) in [7, 11) is 0.